The van der Waals surface area contributed by atoms with Crippen LogP contribution in [-0.4, -0.2) is 25.9 Å². The third-order valence-corrected chi connectivity index (χ3v) is 4.41. The first-order valence-corrected chi connectivity index (χ1v) is 9.58. The standard InChI is InChI=1S/C20H33FN2O2/c1-15(2)14-24-12-6-11-22-23-16(3)17-9-10-19(21)20(13-17)25-18-7-4-5-8-18/h9-10,13,15-16,18,22-23H,4-8,11-12,14H2,1-3H3. The first kappa shape index (κ1) is 20.1. The van der Waals surface area contributed by atoms with Crippen LogP contribution in [0.1, 0.15) is 64.5 Å². The zero-order chi connectivity index (χ0) is 18.1. The van der Waals surface area contributed by atoms with Gasteiger partial charge in [-0.2, -0.15) is 0 Å². The number of halogens is 1. The van der Waals surface area contributed by atoms with E-state index in [2.05, 4.69) is 31.6 Å². The Bertz CT molecular complexity index is 504. The Balaban J connectivity index is 1.72. The van der Waals surface area contributed by atoms with E-state index in [1.54, 1.807) is 0 Å². The van der Waals surface area contributed by atoms with Crippen molar-refractivity contribution in [3.63, 3.8) is 0 Å². The van der Waals surface area contributed by atoms with E-state index in [1.807, 2.05) is 12.1 Å². The highest BCUT2D eigenvalue weighted by Gasteiger charge is 2.19. The average molecular weight is 352 g/mol. The van der Waals surface area contributed by atoms with E-state index in [-0.39, 0.29) is 18.0 Å². The van der Waals surface area contributed by atoms with Gasteiger partial charge in [-0.1, -0.05) is 19.9 Å². The fraction of sp³-hybridized carbons (Fsp3) is 0.700. The largest absolute Gasteiger partial charge is 0.487 e. The van der Waals surface area contributed by atoms with E-state index in [0.29, 0.717) is 11.7 Å². The van der Waals surface area contributed by atoms with Crippen molar-refractivity contribution in [2.24, 2.45) is 5.92 Å². The molecule has 1 aliphatic rings. The molecule has 2 N–H and O–H groups in total. The molecule has 1 aromatic rings. The summed E-state index contributed by atoms with van der Waals surface area (Å²) in [5.41, 5.74) is 7.48. The summed E-state index contributed by atoms with van der Waals surface area (Å²) >= 11 is 0. The van der Waals surface area contributed by atoms with Gasteiger partial charge in [-0.15, -0.1) is 0 Å². The van der Waals surface area contributed by atoms with Crippen LogP contribution >= 0.6 is 0 Å². The highest BCUT2D eigenvalue weighted by molar-refractivity contribution is 5.32. The zero-order valence-electron chi connectivity index (χ0n) is 15.8. The summed E-state index contributed by atoms with van der Waals surface area (Å²) in [6, 6.07) is 5.20. The van der Waals surface area contributed by atoms with Gasteiger partial charge in [0, 0.05) is 25.8 Å². The van der Waals surface area contributed by atoms with Gasteiger partial charge in [0.2, 0.25) is 0 Å². The van der Waals surface area contributed by atoms with Crippen LogP contribution in [0, 0.1) is 11.7 Å². The number of hydrogen-bond donors (Lipinski definition) is 2. The Hall–Kier alpha value is -1.17. The lowest BCUT2D eigenvalue weighted by molar-refractivity contribution is 0.107. The van der Waals surface area contributed by atoms with Gasteiger partial charge in [-0.05, 0) is 62.6 Å². The highest BCUT2D eigenvalue weighted by Crippen LogP contribution is 2.28. The monoisotopic (exact) mass is 352 g/mol. The van der Waals surface area contributed by atoms with Gasteiger partial charge in [-0.3, -0.25) is 10.9 Å². The third kappa shape index (κ3) is 7.30. The molecule has 1 aliphatic carbocycles. The Morgan fingerprint density at radius 3 is 2.68 bits per heavy atom. The fourth-order valence-electron chi connectivity index (χ4n) is 2.96. The Morgan fingerprint density at radius 2 is 1.96 bits per heavy atom. The Kier molecular flexibility index (Phi) is 8.65. The molecule has 25 heavy (non-hydrogen) atoms. The van der Waals surface area contributed by atoms with Crippen molar-refractivity contribution in [3.8, 4) is 5.75 Å². The van der Waals surface area contributed by atoms with E-state index in [1.165, 1.54) is 18.9 Å². The van der Waals surface area contributed by atoms with Gasteiger partial charge in [-0.25, -0.2) is 4.39 Å². The molecule has 0 aliphatic heterocycles. The topological polar surface area (TPSA) is 42.5 Å². The van der Waals surface area contributed by atoms with Gasteiger partial charge >= 0.3 is 0 Å². The average Bonchev–Trinajstić information content (AvgIpc) is 3.08. The molecule has 2 rings (SSSR count). The molecule has 1 aromatic carbocycles. The number of ether oxygens (including phenoxy) is 2. The maximum Gasteiger partial charge on any atom is 0.165 e. The van der Waals surface area contributed by atoms with Crippen molar-refractivity contribution in [2.75, 3.05) is 19.8 Å². The lowest BCUT2D eigenvalue weighted by atomic mass is 10.1. The molecule has 1 fully saturated rings. The van der Waals surface area contributed by atoms with Crippen molar-refractivity contribution in [2.45, 2.75) is 65.0 Å². The summed E-state index contributed by atoms with van der Waals surface area (Å²) in [5, 5.41) is 0. The summed E-state index contributed by atoms with van der Waals surface area (Å²) in [5.74, 6) is 0.670. The minimum Gasteiger partial charge on any atom is -0.487 e. The lowest BCUT2D eigenvalue weighted by Gasteiger charge is -2.18. The van der Waals surface area contributed by atoms with Gasteiger partial charge in [0.15, 0.2) is 11.6 Å². The van der Waals surface area contributed by atoms with Crippen molar-refractivity contribution < 1.29 is 13.9 Å². The number of nitrogens with one attached hydrogen (secondary N) is 2. The van der Waals surface area contributed by atoms with Crippen molar-refractivity contribution in [1.29, 1.82) is 0 Å². The summed E-state index contributed by atoms with van der Waals surface area (Å²) in [7, 11) is 0. The predicted octanol–water partition coefficient (Wildman–Crippen LogP) is 4.37. The second-order valence-corrected chi connectivity index (χ2v) is 7.33. The van der Waals surface area contributed by atoms with E-state index in [0.717, 1.165) is 44.6 Å². The van der Waals surface area contributed by atoms with Crippen molar-refractivity contribution in [1.82, 2.24) is 10.9 Å². The van der Waals surface area contributed by atoms with E-state index >= 15 is 0 Å². The number of hydrogen-bond acceptors (Lipinski definition) is 4. The molecule has 142 valence electrons. The van der Waals surface area contributed by atoms with E-state index in [4.69, 9.17) is 9.47 Å². The second kappa shape index (κ2) is 10.7. The number of benzene rings is 1. The first-order valence-electron chi connectivity index (χ1n) is 9.58. The highest BCUT2D eigenvalue weighted by atomic mass is 19.1. The second-order valence-electron chi connectivity index (χ2n) is 7.33. The molecule has 0 heterocycles. The molecule has 0 amide bonds. The van der Waals surface area contributed by atoms with Crippen LogP contribution < -0.4 is 15.6 Å². The molecule has 0 aromatic heterocycles. The fourth-order valence-corrected chi connectivity index (χ4v) is 2.96. The smallest absolute Gasteiger partial charge is 0.165 e. The van der Waals surface area contributed by atoms with Gasteiger partial charge in [0.1, 0.15) is 0 Å². The maximum absolute atomic E-state index is 14.0. The van der Waals surface area contributed by atoms with Crippen LogP contribution in [0.5, 0.6) is 5.75 Å². The van der Waals surface area contributed by atoms with Crippen molar-refractivity contribution in [3.05, 3.63) is 29.6 Å². The van der Waals surface area contributed by atoms with Crippen LogP contribution in [0.4, 0.5) is 4.39 Å². The minimum absolute atomic E-state index is 0.0723. The van der Waals surface area contributed by atoms with Crippen LogP contribution in [0.3, 0.4) is 0 Å². The molecule has 0 radical (unpaired) electrons. The van der Waals surface area contributed by atoms with Crippen LogP contribution in [-0.2, 0) is 4.74 Å². The lowest BCUT2D eigenvalue weighted by Crippen LogP contribution is -2.35. The summed E-state index contributed by atoms with van der Waals surface area (Å²) in [6.07, 6.45) is 5.52. The molecular formula is C20H33FN2O2. The SMILES string of the molecule is CC(C)COCCCNNC(C)c1ccc(F)c(OC2CCCC2)c1. The number of hydrazine groups is 1. The molecule has 1 saturated carbocycles. The molecule has 0 bridgehead atoms. The molecular weight excluding hydrogens is 319 g/mol. The number of rotatable bonds is 11. The Morgan fingerprint density at radius 1 is 1.20 bits per heavy atom. The van der Waals surface area contributed by atoms with Gasteiger partial charge < -0.3 is 9.47 Å². The Labute approximate surface area is 151 Å². The van der Waals surface area contributed by atoms with E-state index in [9.17, 15) is 4.39 Å². The summed E-state index contributed by atoms with van der Waals surface area (Å²) < 4.78 is 25.4. The third-order valence-electron chi connectivity index (χ3n) is 4.41. The normalized spacial score (nSPS) is 16.5. The van der Waals surface area contributed by atoms with Gasteiger partial charge in [0.25, 0.3) is 0 Å². The molecule has 5 heteroatoms. The van der Waals surface area contributed by atoms with Gasteiger partial charge in [0.05, 0.1) is 6.10 Å². The molecule has 0 spiro atoms. The van der Waals surface area contributed by atoms with Crippen LogP contribution in [0.2, 0.25) is 0 Å². The summed E-state index contributed by atoms with van der Waals surface area (Å²) in [6.45, 7) is 8.74. The quantitative estimate of drug-likeness (QED) is 0.458. The van der Waals surface area contributed by atoms with Crippen molar-refractivity contribution >= 4 is 0 Å². The zero-order valence-corrected chi connectivity index (χ0v) is 15.8. The molecule has 4 nitrogen and oxygen atoms in total. The molecule has 0 saturated heterocycles. The van der Waals surface area contributed by atoms with Crippen LogP contribution in [0.25, 0.3) is 0 Å². The van der Waals surface area contributed by atoms with Crippen LogP contribution in [0.15, 0.2) is 18.2 Å². The van der Waals surface area contributed by atoms with E-state index < -0.39 is 0 Å². The first-order chi connectivity index (χ1) is 12.1. The maximum atomic E-state index is 14.0. The molecule has 1 unspecified atom stereocenters. The minimum atomic E-state index is -0.280. The summed E-state index contributed by atoms with van der Waals surface area (Å²) in [4.78, 5) is 0. The predicted molar refractivity (Wildman–Crippen MR) is 99.1 cm³/mol. The molecule has 1 atom stereocenters.